The second kappa shape index (κ2) is 19.0. The average molecular weight is 901 g/mol. The van der Waals surface area contributed by atoms with Gasteiger partial charge in [0.2, 0.25) is 0 Å². The van der Waals surface area contributed by atoms with Gasteiger partial charge in [-0.1, -0.05) is 39.3 Å². The molecule has 23 atom stereocenters. The van der Waals surface area contributed by atoms with E-state index in [0.717, 1.165) is 44.9 Å². The maximum absolute atomic E-state index is 13.9. The van der Waals surface area contributed by atoms with Gasteiger partial charge >= 0.3 is 0 Å². The molecule has 3 saturated heterocycles. The van der Waals surface area contributed by atoms with Crippen LogP contribution in [0.3, 0.4) is 0 Å². The molecule has 7 rings (SSSR count). The maximum atomic E-state index is 13.9. The van der Waals surface area contributed by atoms with Gasteiger partial charge in [0.05, 0.1) is 32.0 Å². The lowest BCUT2D eigenvalue weighted by Crippen LogP contribution is -2.66. The van der Waals surface area contributed by atoms with Gasteiger partial charge in [-0.25, -0.2) is 0 Å². The van der Waals surface area contributed by atoms with Crippen molar-refractivity contribution >= 4 is 6.29 Å². The first-order valence-corrected chi connectivity index (χ1v) is 23.4. The molecular formula is C46H76O17. The molecule has 17 heteroatoms. The molecule has 0 amide bonds. The fourth-order valence-electron chi connectivity index (χ4n) is 14.0. The van der Waals surface area contributed by atoms with E-state index < -0.39 is 116 Å². The van der Waals surface area contributed by atoms with Crippen LogP contribution in [-0.2, 0) is 33.2 Å². The summed E-state index contributed by atoms with van der Waals surface area (Å²) in [4.78, 5) is 13.9. The number of aldehydes is 1. The van der Waals surface area contributed by atoms with Gasteiger partial charge in [-0.15, -0.1) is 0 Å². The summed E-state index contributed by atoms with van der Waals surface area (Å²) in [5, 5.41) is 105. The number of carbonyl (C=O) groups excluding carboxylic acids is 1. The molecule has 63 heavy (non-hydrogen) atoms. The minimum absolute atomic E-state index is 0.0714. The molecule has 0 aromatic carbocycles. The number of fused-ring (bicyclic) bond motifs is 5. The summed E-state index contributed by atoms with van der Waals surface area (Å²) in [5.41, 5.74) is -0.434. The zero-order valence-electron chi connectivity index (χ0n) is 37.7. The van der Waals surface area contributed by atoms with E-state index in [4.69, 9.17) is 28.4 Å². The third kappa shape index (κ3) is 8.54. The van der Waals surface area contributed by atoms with Crippen LogP contribution in [0.15, 0.2) is 11.6 Å². The number of hydrogen-bond acceptors (Lipinski definition) is 17. The first-order valence-electron chi connectivity index (χ1n) is 23.4. The smallest absolute Gasteiger partial charge is 0.187 e. The van der Waals surface area contributed by atoms with Crippen LogP contribution in [0.25, 0.3) is 0 Å². The first-order chi connectivity index (χ1) is 29.7. The molecule has 4 saturated carbocycles. The number of hydrogen-bond donors (Lipinski definition) is 10. The molecule has 7 aliphatic rings. The van der Waals surface area contributed by atoms with E-state index in [2.05, 4.69) is 33.8 Å². The lowest BCUT2D eigenvalue weighted by molar-refractivity contribution is -0.367. The molecule has 17 nitrogen and oxygen atoms in total. The van der Waals surface area contributed by atoms with Crippen molar-refractivity contribution in [2.45, 2.75) is 204 Å². The number of carbonyl (C=O) groups is 1. The van der Waals surface area contributed by atoms with Crippen molar-refractivity contribution in [2.24, 2.45) is 45.3 Å². The highest BCUT2D eigenvalue weighted by Gasteiger charge is 2.71. The molecule has 7 fully saturated rings. The zero-order valence-corrected chi connectivity index (χ0v) is 37.7. The molecule has 0 radical (unpaired) electrons. The summed E-state index contributed by atoms with van der Waals surface area (Å²) in [7, 11) is 0. The highest BCUT2D eigenvalue weighted by atomic mass is 16.8. The minimum Gasteiger partial charge on any atom is -0.394 e. The van der Waals surface area contributed by atoms with E-state index in [9.17, 15) is 55.9 Å². The first kappa shape index (κ1) is 49.7. The van der Waals surface area contributed by atoms with Gasteiger partial charge in [-0.05, 0) is 118 Å². The van der Waals surface area contributed by atoms with Gasteiger partial charge in [0.15, 0.2) is 18.9 Å². The summed E-state index contributed by atoms with van der Waals surface area (Å²) in [6.45, 7) is 11.6. The van der Waals surface area contributed by atoms with E-state index in [0.29, 0.717) is 19.3 Å². The molecule has 3 heterocycles. The summed E-state index contributed by atoms with van der Waals surface area (Å²) in [5.74, 6) is 0.326. The molecule has 0 aromatic heterocycles. The molecule has 0 aromatic rings. The Morgan fingerprint density at radius 2 is 1.30 bits per heavy atom. The Morgan fingerprint density at radius 1 is 0.683 bits per heavy atom. The van der Waals surface area contributed by atoms with Gasteiger partial charge in [0.25, 0.3) is 0 Å². The fraction of sp³-hybridized carbons (Fsp3) is 0.935. The third-order valence-corrected chi connectivity index (χ3v) is 17.7. The summed E-state index contributed by atoms with van der Waals surface area (Å²) < 4.78 is 36.7. The second-order valence-corrected chi connectivity index (χ2v) is 21.4. The van der Waals surface area contributed by atoms with Crippen LogP contribution < -0.4 is 0 Å². The molecule has 0 spiro atoms. The van der Waals surface area contributed by atoms with Crippen LogP contribution in [-0.4, -0.2) is 175 Å². The van der Waals surface area contributed by atoms with Gasteiger partial charge < -0.3 is 84.3 Å². The molecule has 362 valence electrons. The van der Waals surface area contributed by atoms with Gasteiger partial charge in [0, 0.05) is 5.41 Å². The van der Waals surface area contributed by atoms with Crippen LogP contribution in [0.1, 0.15) is 106 Å². The number of ether oxygens (including phenoxy) is 6. The summed E-state index contributed by atoms with van der Waals surface area (Å²) in [6.07, 6.45) is -10.2. The second-order valence-electron chi connectivity index (χ2n) is 21.4. The molecule has 0 unspecified atom stereocenters. The molecule has 4 aliphatic carbocycles. The van der Waals surface area contributed by atoms with Crippen molar-refractivity contribution in [1.82, 2.24) is 0 Å². The van der Waals surface area contributed by atoms with Crippen LogP contribution in [0, 0.1) is 45.3 Å². The Kier molecular flexibility index (Phi) is 15.0. The quantitative estimate of drug-likeness (QED) is 0.0682. The van der Waals surface area contributed by atoms with E-state index in [-0.39, 0.29) is 47.2 Å². The van der Waals surface area contributed by atoms with Crippen molar-refractivity contribution in [3.05, 3.63) is 11.6 Å². The maximum Gasteiger partial charge on any atom is 0.187 e. The SMILES string of the molecule is CC(C)=CCC[C@H](O[C@@H]1O[C@H](CO)[C@@H](O)[C@H](O)[C@H]1O)[C@H]1CC[C@]2(C)[C@@H]1CC[C@@H]1[C@]3(C=O)CC[C@@H](O[C@H]4OC[C@H](O)[C@H](O)[C@H]4O[C@@H]4O[C@H](CO)[C@@H](O)[C@H](O)[C@H]4O)C(C)(C)[C@H]3CC[C@]12C. The highest BCUT2D eigenvalue weighted by molar-refractivity contribution is 5.62. The van der Waals surface area contributed by atoms with Crippen LogP contribution in [0.4, 0.5) is 0 Å². The topological polar surface area (TPSA) is 275 Å². The molecule has 10 N–H and O–H groups in total. The van der Waals surface area contributed by atoms with Crippen molar-refractivity contribution in [3.8, 4) is 0 Å². The number of aliphatic hydroxyl groups excluding tert-OH is 10. The van der Waals surface area contributed by atoms with Crippen molar-refractivity contribution in [1.29, 1.82) is 0 Å². The fourth-order valence-corrected chi connectivity index (χ4v) is 14.0. The predicted molar refractivity (Wildman–Crippen MR) is 222 cm³/mol. The van der Waals surface area contributed by atoms with E-state index in [1.807, 2.05) is 13.8 Å². The number of aliphatic hydroxyl groups is 10. The Morgan fingerprint density at radius 3 is 1.92 bits per heavy atom. The highest BCUT2D eigenvalue weighted by Crippen LogP contribution is 2.75. The summed E-state index contributed by atoms with van der Waals surface area (Å²) >= 11 is 0. The lowest BCUT2D eigenvalue weighted by Gasteiger charge is -2.69. The summed E-state index contributed by atoms with van der Waals surface area (Å²) in [6, 6.07) is 0. The molecular weight excluding hydrogens is 824 g/mol. The van der Waals surface area contributed by atoms with Gasteiger partial charge in [0.1, 0.15) is 73.4 Å². The van der Waals surface area contributed by atoms with Gasteiger partial charge in [-0.3, -0.25) is 0 Å². The Balaban J connectivity index is 1.10. The predicted octanol–water partition coefficient (Wildman–Crippen LogP) is 0.430. The average Bonchev–Trinajstić information content (AvgIpc) is 3.61. The number of rotatable bonds is 13. The molecule has 0 bridgehead atoms. The minimum atomic E-state index is -1.75. The van der Waals surface area contributed by atoms with Crippen LogP contribution in [0.2, 0.25) is 0 Å². The van der Waals surface area contributed by atoms with Crippen molar-refractivity contribution < 1.29 is 84.3 Å². The van der Waals surface area contributed by atoms with Crippen molar-refractivity contribution in [2.75, 3.05) is 19.8 Å². The van der Waals surface area contributed by atoms with E-state index in [1.165, 1.54) is 11.9 Å². The largest absolute Gasteiger partial charge is 0.394 e. The van der Waals surface area contributed by atoms with Crippen molar-refractivity contribution in [3.63, 3.8) is 0 Å². The van der Waals surface area contributed by atoms with Gasteiger partial charge in [-0.2, -0.15) is 0 Å². The molecule has 3 aliphatic heterocycles. The number of allylic oxidation sites excluding steroid dienone is 2. The lowest BCUT2D eigenvalue weighted by atomic mass is 9.35. The monoisotopic (exact) mass is 901 g/mol. The standard InChI is InChI=1S/C46H76O17/c1-22(2)8-7-9-26(59-40-37(56)35(54)33(52)27(18-47)60-40)23-12-15-44(5)24(23)10-11-30-45(44,6)16-13-29-43(3,4)31(14-17-46(29,30)21-49)62-42-39(32(51)25(50)20-58-42)63-41-38(57)36(55)34(53)28(19-48)61-41/h8,21,23-42,47-48,50-57H,7,9-20H2,1-6H3/t23-,24+,25-,26-,27+,28+,29+,30-,31+,32-,33+,34+,35-,36-,37+,38+,39+,40+,41-,42+,44+,45+,46-/m0/s1. The van der Waals surface area contributed by atoms with Crippen LogP contribution >= 0.6 is 0 Å². The van der Waals surface area contributed by atoms with Crippen LogP contribution in [0.5, 0.6) is 0 Å². The van der Waals surface area contributed by atoms with E-state index >= 15 is 0 Å². The Hall–Kier alpha value is -1.23. The normalized spacial score (nSPS) is 51.3. The third-order valence-electron chi connectivity index (χ3n) is 17.7. The van der Waals surface area contributed by atoms with E-state index in [1.54, 1.807) is 0 Å². The zero-order chi connectivity index (χ0) is 46.0. The Bertz CT molecular complexity index is 1590. The Labute approximate surface area is 370 Å².